The van der Waals surface area contributed by atoms with Crippen LogP contribution in [0.1, 0.15) is 37.9 Å². The van der Waals surface area contributed by atoms with Gasteiger partial charge in [-0.3, -0.25) is 4.79 Å². The molecule has 8 heteroatoms. The van der Waals surface area contributed by atoms with Gasteiger partial charge in [0.15, 0.2) is 0 Å². The maximum Gasteiger partial charge on any atom is 0.322 e. The van der Waals surface area contributed by atoms with Crippen molar-refractivity contribution in [3.8, 4) is 22.6 Å². The zero-order valence-corrected chi connectivity index (χ0v) is 23.6. The molecule has 3 amide bonds. The molecule has 0 saturated heterocycles. The number of rotatable bonds is 11. The average Bonchev–Trinajstić information content (AvgIpc) is 3.30. The van der Waals surface area contributed by atoms with Crippen molar-refractivity contribution in [2.45, 2.75) is 40.0 Å². The summed E-state index contributed by atoms with van der Waals surface area (Å²) in [6, 6.07) is 24.8. The maximum absolute atomic E-state index is 13.5. The molecule has 0 bridgehead atoms. The van der Waals surface area contributed by atoms with Crippen molar-refractivity contribution in [1.82, 2.24) is 14.7 Å². The number of ether oxygens (including phenoxy) is 1. The Morgan fingerprint density at radius 3 is 2.38 bits per heavy atom. The number of carbonyl (C=O) groups excluding carboxylic acids is 2. The Morgan fingerprint density at radius 2 is 1.70 bits per heavy atom. The van der Waals surface area contributed by atoms with Gasteiger partial charge in [0.2, 0.25) is 5.91 Å². The molecule has 4 rings (SSSR count). The molecule has 1 heterocycles. The Bertz CT molecular complexity index is 1430. The Labute approximate surface area is 236 Å². The number of urea groups is 1. The molecule has 1 aromatic heterocycles. The van der Waals surface area contributed by atoms with Crippen LogP contribution in [0.2, 0.25) is 0 Å². The summed E-state index contributed by atoms with van der Waals surface area (Å²) in [7, 11) is 1.62. The van der Waals surface area contributed by atoms with Crippen molar-refractivity contribution in [2.24, 2.45) is 0 Å². The van der Waals surface area contributed by atoms with E-state index in [4.69, 9.17) is 9.84 Å². The van der Waals surface area contributed by atoms with Crippen LogP contribution in [0.5, 0.6) is 5.75 Å². The van der Waals surface area contributed by atoms with Crippen molar-refractivity contribution in [1.29, 1.82) is 0 Å². The van der Waals surface area contributed by atoms with Crippen molar-refractivity contribution < 1.29 is 14.3 Å². The summed E-state index contributed by atoms with van der Waals surface area (Å²) in [5.74, 6) is 0.967. The second kappa shape index (κ2) is 13.5. The van der Waals surface area contributed by atoms with Crippen LogP contribution in [0.3, 0.4) is 0 Å². The number of aryl methyl sites for hydroxylation is 2. The van der Waals surface area contributed by atoms with Gasteiger partial charge in [0.05, 0.1) is 18.5 Å². The first kappa shape index (κ1) is 28.4. The Morgan fingerprint density at radius 1 is 0.950 bits per heavy atom. The average molecular weight is 540 g/mol. The van der Waals surface area contributed by atoms with Crippen LogP contribution in [0.4, 0.5) is 16.3 Å². The first-order chi connectivity index (χ1) is 19.4. The number of unbranched alkanes of at least 4 members (excludes halogenated alkanes) is 1. The molecule has 0 spiro atoms. The number of aromatic nitrogens is 2. The van der Waals surface area contributed by atoms with Crippen molar-refractivity contribution in [3.05, 3.63) is 90.1 Å². The third kappa shape index (κ3) is 6.88. The van der Waals surface area contributed by atoms with Crippen LogP contribution in [-0.4, -0.2) is 46.8 Å². The highest BCUT2D eigenvalue weighted by molar-refractivity contribution is 5.99. The number of anilines is 2. The van der Waals surface area contributed by atoms with Gasteiger partial charge in [-0.2, -0.15) is 5.10 Å². The van der Waals surface area contributed by atoms with Crippen molar-refractivity contribution in [3.63, 3.8) is 0 Å². The van der Waals surface area contributed by atoms with Crippen LogP contribution < -0.4 is 15.4 Å². The first-order valence-corrected chi connectivity index (χ1v) is 13.7. The molecule has 0 radical (unpaired) electrons. The molecule has 0 aliphatic heterocycles. The van der Waals surface area contributed by atoms with Gasteiger partial charge in [-0.1, -0.05) is 62.7 Å². The number of methoxy groups -OCH3 is 1. The lowest BCUT2D eigenvalue weighted by atomic mass is 10.1. The Kier molecular flexibility index (Phi) is 9.57. The molecule has 3 aromatic carbocycles. The molecule has 0 atom stereocenters. The highest BCUT2D eigenvalue weighted by atomic mass is 16.5. The van der Waals surface area contributed by atoms with Crippen LogP contribution in [0.25, 0.3) is 16.8 Å². The van der Waals surface area contributed by atoms with Gasteiger partial charge < -0.3 is 20.3 Å². The van der Waals surface area contributed by atoms with E-state index in [9.17, 15) is 9.59 Å². The number of hydrogen-bond acceptors (Lipinski definition) is 4. The zero-order chi connectivity index (χ0) is 28.5. The van der Waals surface area contributed by atoms with Crippen LogP contribution in [0, 0.1) is 6.92 Å². The molecular formula is C32H37N5O3. The molecule has 208 valence electrons. The monoisotopic (exact) mass is 539 g/mol. The number of nitrogens with zero attached hydrogens (tertiary/aromatic N) is 3. The van der Waals surface area contributed by atoms with Gasteiger partial charge in [0, 0.05) is 17.8 Å². The largest absolute Gasteiger partial charge is 0.497 e. The number of nitrogens with one attached hydrogen (secondary N) is 2. The summed E-state index contributed by atoms with van der Waals surface area (Å²) < 4.78 is 7.03. The van der Waals surface area contributed by atoms with E-state index in [1.165, 1.54) is 0 Å². The summed E-state index contributed by atoms with van der Waals surface area (Å²) in [5, 5.41) is 10.8. The van der Waals surface area contributed by atoms with E-state index >= 15 is 0 Å². The summed E-state index contributed by atoms with van der Waals surface area (Å²) in [6.07, 6.45) is 2.56. The predicted molar refractivity (Wildman–Crippen MR) is 160 cm³/mol. The van der Waals surface area contributed by atoms with Gasteiger partial charge in [0.25, 0.3) is 0 Å². The van der Waals surface area contributed by atoms with Crippen LogP contribution in [0.15, 0.2) is 78.9 Å². The minimum Gasteiger partial charge on any atom is -0.497 e. The lowest BCUT2D eigenvalue weighted by molar-refractivity contribution is -0.116. The molecule has 40 heavy (non-hydrogen) atoms. The molecular weight excluding hydrogens is 502 g/mol. The number of amides is 3. The number of hydrogen-bond donors (Lipinski definition) is 2. The van der Waals surface area contributed by atoms with E-state index < -0.39 is 0 Å². The molecule has 0 fully saturated rings. The first-order valence-electron chi connectivity index (χ1n) is 13.7. The van der Waals surface area contributed by atoms with Gasteiger partial charge >= 0.3 is 6.03 Å². The van der Waals surface area contributed by atoms with E-state index in [0.717, 1.165) is 53.1 Å². The van der Waals surface area contributed by atoms with Crippen molar-refractivity contribution >= 4 is 23.4 Å². The molecule has 4 aromatic rings. The zero-order valence-electron chi connectivity index (χ0n) is 23.6. The fraction of sp³-hybridized carbons (Fsp3) is 0.281. The second-order valence-electron chi connectivity index (χ2n) is 9.59. The smallest absolute Gasteiger partial charge is 0.322 e. The summed E-state index contributed by atoms with van der Waals surface area (Å²) in [6.45, 7) is 6.42. The molecule has 0 unspecified atom stereocenters. The third-order valence-electron chi connectivity index (χ3n) is 6.69. The number of carbonyl (C=O) groups is 2. The summed E-state index contributed by atoms with van der Waals surface area (Å²) in [4.78, 5) is 28.3. The van der Waals surface area contributed by atoms with E-state index in [1.807, 2.05) is 85.8 Å². The van der Waals surface area contributed by atoms with Crippen LogP contribution >= 0.6 is 0 Å². The van der Waals surface area contributed by atoms with E-state index in [0.29, 0.717) is 18.1 Å². The molecule has 2 N–H and O–H groups in total. The highest BCUT2D eigenvalue weighted by Crippen LogP contribution is 2.33. The SMILES string of the molecule is CCCCN(CC(=O)Nc1c(-c2ccccc2)c(C)nn1-c1ccc(OC)cc1)C(=O)Nc1cccc(CC)c1. The van der Waals surface area contributed by atoms with Gasteiger partial charge in [-0.15, -0.1) is 0 Å². The van der Waals surface area contributed by atoms with E-state index in [-0.39, 0.29) is 18.5 Å². The standard InChI is InChI=1S/C32H37N5O3/c1-5-7-20-36(32(39)33-26-15-11-12-24(6-2)21-26)22-29(38)34-31-30(25-13-9-8-10-14-25)23(3)35-37(31)27-16-18-28(40-4)19-17-27/h8-19,21H,5-7,20,22H2,1-4H3,(H,33,39)(H,34,38). The molecule has 0 saturated carbocycles. The van der Waals surface area contributed by atoms with Crippen LogP contribution in [-0.2, 0) is 11.2 Å². The van der Waals surface area contributed by atoms with Gasteiger partial charge in [0.1, 0.15) is 18.1 Å². The predicted octanol–water partition coefficient (Wildman–Crippen LogP) is 6.69. The normalized spacial score (nSPS) is 10.7. The summed E-state index contributed by atoms with van der Waals surface area (Å²) in [5.41, 5.74) is 5.15. The maximum atomic E-state index is 13.5. The fourth-order valence-electron chi connectivity index (χ4n) is 4.52. The van der Waals surface area contributed by atoms with E-state index in [2.05, 4.69) is 24.5 Å². The van der Waals surface area contributed by atoms with Gasteiger partial charge in [-0.25, -0.2) is 9.48 Å². The molecule has 8 nitrogen and oxygen atoms in total. The molecule has 0 aliphatic carbocycles. The Balaban J connectivity index is 1.62. The minimum atomic E-state index is -0.306. The minimum absolute atomic E-state index is 0.0969. The topological polar surface area (TPSA) is 88.5 Å². The van der Waals surface area contributed by atoms with E-state index in [1.54, 1.807) is 16.7 Å². The van der Waals surface area contributed by atoms with Gasteiger partial charge in [-0.05, 0) is 67.3 Å². The fourth-order valence-corrected chi connectivity index (χ4v) is 4.52. The lowest BCUT2D eigenvalue weighted by Gasteiger charge is -2.23. The summed E-state index contributed by atoms with van der Waals surface area (Å²) >= 11 is 0. The second-order valence-corrected chi connectivity index (χ2v) is 9.59. The molecule has 0 aliphatic rings. The number of benzene rings is 3. The lowest BCUT2D eigenvalue weighted by Crippen LogP contribution is -2.41. The van der Waals surface area contributed by atoms with Crippen molar-refractivity contribution in [2.75, 3.05) is 30.8 Å². The Hall–Kier alpha value is -4.59. The quantitative estimate of drug-likeness (QED) is 0.222. The highest BCUT2D eigenvalue weighted by Gasteiger charge is 2.23. The third-order valence-corrected chi connectivity index (χ3v) is 6.69.